The number of nitrogens with zero attached hydrogens (tertiary/aromatic N) is 28. The van der Waals surface area contributed by atoms with Crippen molar-refractivity contribution in [2.45, 2.75) is 92.3 Å². The third-order valence-corrected chi connectivity index (χ3v) is 27.3. The Hall–Kier alpha value is -15.5. The first-order valence-electron chi connectivity index (χ1n) is 47.4. The molecule has 3 atom stereocenters. The average Bonchev–Trinajstić information content (AvgIpc) is 1.54. The highest BCUT2D eigenvalue weighted by atomic mass is 32.1. The van der Waals surface area contributed by atoms with E-state index in [2.05, 4.69) is 148 Å². The van der Waals surface area contributed by atoms with Crippen molar-refractivity contribution in [2.24, 2.45) is 0 Å². The number of hydrogen-bond acceptors (Lipinski definition) is 28. The first-order valence-corrected chi connectivity index (χ1v) is 48.2. The smallest absolute Gasteiger partial charge is 0.258 e. The maximum Gasteiger partial charge on any atom is 0.258 e. The molecule has 0 saturated carbocycles. The fourth-order valence-corrected chi connectivity index (χ4v) is 19.9. The molecule has 20 aromatic rings. The van der Waals surface area contributed by atoms with Crippen LogP contribution in [0, 0.1) is 34.6 Å². The highest BCUT2D eigenvalue weighted by molar-refractivity contribution is 7.18. The Kier molecular flexibility index (Phi) is 25.0. The number of fused-ring (bicyclic) bond motifs is 10. The van der Waals surface area contributed by atoms with E-state index in [0.29, 0.717) is 97.8 Å². The van der Waals surface area contributed by atoms with E-state index in [-0.39, 0.29) is 27.8 Å². The normalized spacial score (nSPS) is 16.9. The van der Waals surface area contributed by atoms with Gasteiger partial charge in [0.15, 0.2) is 0 Å². The van der Waals surface area contributed by atoms with E-state index in [1.54, 1.807) is 95.8 Å². The van der Waals surface area contributed by atoms with Crippen LogP contribution in [0.25, 0.3) is 117 Å². The third kappa shape index (κ3) is 19.5. The minimum atomic E-state index is -0.116. The number of rotatable bonds is 10. The van der Waals surface area contributed by atoms with E-state index in [9.17, 15) is 24.0 Å². The number of pyridine rings is 6. The van der Waals surface area contributed by atoms with Gasteiger partial charge in [-0.05, 0) is 204 Å². The molecule has 1 aromatic carbocycles. The van der Waals surface area contributed by atoms with E-state index in [1.165, 1.54) is 5.56 Å². The van der Waals surface area contributed by atoms with Gasteiger partial charge in [0.25, 0.3) is 27.8 Å². The van der Waals surface area contributed by atoms with Crippen LogP contribution in [-0.4, -0.2) is 245 Å². The SMILES string of the molecule is Cc1cn2cc(-c3cc(=O)n4cc(N5CCNCC5)ccc4n3)ccc2n1.Cc1cn2nc(-c3cc(=O)n4cc(N5CCN(C)CC5)ccc4n3)cc2cn1.Cc1cn2nc(-c3cc(=O)n4cc(N5CCN[C@@H](C)C5)ccc4n3)cc2cn1.Cc1cn2nc(-c3cc(=O)n4cc(N5C[C@@H](C)N[C@@H](C)C5)ccc4n3)cc2cn1.Cc1nc2ccc(-c3cc(=O)n4cc(C5CCN(C)CC5)ccc4n3)cc2s1. The number of likely N-dealkylation sites (N-methyl/N-ethyl adjacent to an activating group) is 1. The summed E-state index contributed by atoms with van der Waals surface area (Å²) in [5, 5.41) is 25.0. The molecule has 19 aromatic heterocycles. The third-order valence-electron chi connectivity index (χ3n) is 26.3. The van der Waals surface area contributed by atoms with Crippen molar-refractivity contribution in [2.75, 3.05) is 132 Å². The number of piperazine rings is 4. The molecule has 0 radical (unpaired) electrons. The van der Waals surface area contributed by atoms with Crippen LogP contribution in [0.3, 0.4) is 0 Å². The lowest BCUT2D eigenvalue weighted by Crippen LogP contribution is -2.54. The van der Waals surface area contributed by atoms with E-state index in [1.807, 2.05) is 198 Å². The lowest BCUT2D eigenvalue weighted by molar-refractivity contribution is 0.255. The Bertz CT molecular complexity index is 8330. The number of thiazole rings is 1. The van der Waals surface area contributed by atoms with E-state index in [4.69, 9.17) is 9.97 Å². The van der Waals surface area contributed by atoms with Crippen molar-refractivity contribution >= 4 is 94.7 Å². The monoisotopic (exact) mass is 1890 g/mol. The van der Waals surface area contributed by atoms with E-state index in [0.717, 1.165) is 205 Å². The van der Waals surface area contributed by atoms with Gasteiger partial charge in [0.1, 0.15) is 51.0 Å². The van der Waals surface area contributed by atoms with Crippen LogP contribution in [0.15, 0.2) is 244 Å². The topological polar surface area (TPSA) is 348 Å². The standard InChI is InChI=1S/C22H22N4OS.C21H23N7O.2C20H21N7O.C20H20N6O/c1-14-23-18-5-3-16(11-20(18)28-14)19-12-22(27)26-13-17(4-6-21(26)24-19)15-7-9-25(2)10-8-15;1-13-11-28-17(8-22-13)6-19(25-28)18-7-21(29)27-12-16(4-5-20(27)24-18)26-9-14(2)23-15(3)10-26;1-14-12-27-16(11-21-14)9-18(23-27)17-10-20(28)26-13-15(3-4-19(26)22-17)25-7-5-24(2)6-8-25;1-13-10-25(6-5-21-13)15-3-4-19-23-17(8-20(28)26(19)12-15)18-7-16-9-22-14(2)11-27(16)24-18;1-14-11-25-12-15(2-4-18(25)22-14)17-10-20(27)26-13-16(3-5-19(26)23-17)24-8-6-21-7-9-24/h3-6,11-13,15H,7-10H2,1-2H3;4-8,11-12,14-15,23H,9-10H2,1-3H3;3-4,9-13H,5-8H2,1-2H3;3-4,7-9,11-13,21H,5-6,10H2,1-2H3;2-5,10-13,21H,6-9H2,1H3/t;14-,15+;;13-;/m...0./s1. The fourth-order valence-electron chi connectivity index (χ4n) is 19.0. The van der Waals surface area contributed by atoms with Crippen LogP contribution in [0.5, 0.6) is 0 Å². The Labute approximate surface area is 806 Å². The van der Waals surface area contributed by atoms with Gasteiger partial charge in [-0.3, -0.25) is 60.9 Å². The second-order valence-corrected chi connectivity index (χ2v) is 38.3. The van der Waals surface area contributed by atoms with Gasteiger partial charge in [0, 0.05) is 188 Å². The molecule has 25 rings (SSSR count). The van der Waals surface area contributed by atoms with Crippen LogP contribution < -0.4 is 63.3 Å². The lowest BCUT2D eigenvalue weighted by atomic mass is 9.91. The molecule has 0 amide bonds. The molecule has 0 spiro atoms. The lowest BCUT2D eigenvalue weighted by Gasteiger charge is -2.37. The van der Waals surface area contributed by atoms with Crippen LogP contribution in [0.4, 0.5) is 22.7 Å². The molecular weight excluding hydrogens is 1780 g/mol. The molecule has 5 aliphatic heterocycles. The molecule has 0 aliphatic carbocycles. The number of aromatic nitrogens is 22. The Morgan fingerprint density at radius 3 is 1.24 bits per heavy atom. The van der Waals surface area contributed by atoms with Gasteiger partial charge in [0.2, 0.25) is 0 Å². The van der Waals surface area contributed by atoms with Gasteiger partial charge in [-0.1, -0.05) is 12.1 Å². The maximum absolute atomic E-state index is 12.9. The summed E-state index contributed by atoms with van der Waals surface area (Å²) >= 11 is 1.66. The molecule has 24 heterocycles. The number of aryl methyl sites for hydroxylation is 5. The summed E-state index contributed by atoms with van der Waals surface area (Å²) in [6, 6.07) is 44.6. The van der Waals surface area contributed by atoms with Crippen LogP contribution >= 0.6 is 11.3 Å². The highest BCUT2D eigenvalue weighted by Gasteiger charge is 2.26. The summed E-state index contributed by atoms with van der Waals surface area (Å²) < 4.78 is 16.5. The largest absolute Gasteiger partial charge is 0.368 e. The molecule has 37 heteroatoms. The Morgan fingerprint density at radius 1 is 0.336 bits per heavy atom. The van der Waals surface area contributed by atoms with Gasteiger partial charge < -0.3 is 49.8 Å². The summed E-state index contributed by atoms with van der Waals surface area (Å²) in [5.74, 6) is 0.518. The predicted molar refractivity (Wildman–Crippen MR) is 548 cm³/mol. The van der Waals surface area contributed by atoms with Gasteiger partial charge in [-0.2, -0.15) is 15.3 Å². The van der Waals surface area contributed by atoms with Crippen LogP contribution in [0.2, 0.25) is 0 Å². The zero-order valence-electron chi connectivity index (χ0n) is 79.6. The van der Waals surface area contributed by atoms with Crippen molar-refractivity contribution in [3.05, 3.63) is 305 Å². The summed E-state index contributed by atoms with van der Waals surface area (Å²) in [6.45, 7) is 30.8. The molecule has 5 fully saturated rings. The summed E-state index contributed by atoms with van der Waals surface area (Å²) in [5.41, 5.74) is 23.1. The van der Waals surface area contributed by atoms with Crippen molar-refractivity contribution < 1.29 is 0 Å². The molecule has 36 nitrogen and oxygen atoms in total. The summed E-state index contributed by atoms with van der Waals surface area (Å²) in [7, 11) is 4.29. The molecule has 5 aliphatic rings. The molecule has 140 heavy (non-hydrogen) atoms. The minimum Gasteiger partial charge on any atom is -0.368 e. The average molecular weight is 1890 g/mol. The van der Waals surface area contributed by atoms with Crippen molar-refractivity contribution in [3.8, 4) is 56.7 Å². The predicted octanol–water partition coefficient (Wildman–Crippen LogP) is 10.7. The summed E-state index contributed by atoms with van der Waals surface area (Å²) in [4.78, 5) is 123. The molecule has 5 saturated heterocycles. The molecule has 0 unspecified atom stereocenters. The number of nitrogens with one attached hydrogen (secondary N) is 3. The number of likely N-dealkylation sites (tertiary alicyclic amines) is 1. The van der Waals surface area contributed by atoms with Crippen molar-refractivity contribution in [1.29, 1.82) is 0 Å². The van der Waals surface area contributed by atoms with Gasteiger partial charge >= 0.3 is 0 Å². The zero-order valence-corrected chi connectivity index (χ0v) is 80.4. The maximum atomic E-state index is 12.9. The molecule has 3 N–H and O–H groups in total. The second kappa shape index (κ2) is 38.4. The van der Waals surface area contributed by atoms with Crippen molar-refractivity contribution in [1.82, 2.24) is 131 Å². The fraction of sp³-hybridized carbons (Fsp3) is 0.301. The number of piperidine rings is 1. The number of hydrogen-bond donors (Lipinski definition) is 3. The Morgan fingerprint density at radius 2 is 0.743 bits per heavy atom. The minimum absolute atomic E-state index is 0.0321. The second-order valence-electron chi connectivity index (χ2n) is 37.1. The van der Waals surface area contributed by atoms with E-state index >= 15 is 0 Å². The Balaban J connectivity index is 0.000000104. The number of imidazole rings is 1. The molecule has 0 bridgehead atoms. The van der Waals surface area contributed by atoms with Crippen LogP contribution in [-0.2, 0) is 0 Å². The first kappa shape index (κ1) is 90.9. The highest BCUT2D eigenvalue weighted by Crippen LogP contribution is 2.33. The van der Waals surface area contributed by atoms with Crippen molar-refractivity contribution in [3.63, 3.8) is 0 Å². The number of benzene rings is 1. The van der Waals surface area contributed by atoms with Gasteiger partial charge in [-0.25, -0.2) is 48.4 Å². The van der Waals surface area contributed by atoms with E-state index < -0.39 is 0 Å². The van der Waals surface area contributed by atoms with Gasteiger partial charge in [0.05, 0.1) is 143 Å². The van der Waals surface area contributed by atoms with Gasteiger partial charge in [-0.15, -0.1) is 11.3 Å². The molecular formula is C103H107N31O5S. The zero-order chi connectivity index (χ0) is 96.3. The summed E-state index contributed by atoms with van der Waals surface area (Å²) in [6.07, 6.45) is 26.6. The quantitative estimate of drug-likeness (QED) is 0.114. The first-order chi connectivity index (χ1) is 67.8. The molecule has 710 valence electrons. The van der Waals surface area contributed by atoms with Crippen LogP contribution in [0.1, 0.15) is 72.9 Å². The number of anilines is 4.